The average Bonchev–Trinajstić information content (AvgIpc) is 2.38. The van der Waals surface area contributed by atoms with Crippen molar-refractivity contribution in [1.29, 1.82) is 0 Å². The topological polar surface area (TPSA) is 42.0 Å². The second-order valence-electron chi connectivity index (χ2n) is 5.90. The standard InChI is InChI=1S/C16H15F3N2O/c1-16(2,3)10-4-5-12(11(17)8-10)20-15(22)9-6-13(18)21-14(19)7-9/h4-8H,1-3H3,(H,20,22). The first-order chi connectivity index (χ1) is 10.2. The van der Waals surface area contributed by atoms with E-state index >= 15 is 0 Å². The average molecular weight is 308 g/mol. The second kappa shape index (κ2) is 5.79. The minimum atomic E-state index is -1.12. The van der Waals surface area contributed by atoms with Gasteiger partial charge >= 0.3 is 0 Å². The third-order valence-electron chi connectivity index (χ3n) is 3.11. The molecule has 1 aromatic carbocycles. The van der Waals surface area contributed by atoms with Crippen molar-refractivity contribution in [3.8, 4) is 0 Å². The van der Waals surface area contributed by atoms with E-state index in [1.807, 2.05) is 20.8 Å². The van der Waals surface area contributed by atoms with Crippen LogP contribution in [-0.2, 0) is 5.41 Å². The van der Waals surface area contributed by atoms with Gasteiger partial charge in [0, 0.05) is 17.7 Å². The van der Waals surface area contributed by atoms with Gasteiger partial charge in [-0.2, -0.15) is 13.8 Å². The summed E-state index contributed by atoms with van der Waals surface area (Å²) in [4.78, 5) is 14.8. The fourth-order valence-electron chi connectivity index (χ4n) is 1.87. The van der Waals surface area contributed by atoms with E-state index in [1.165, 1.54) is 12.1 Å². The highest BCUT2D eigenvalue weighted by atomic mass is 19.1. The van der Waals surface area contributed by atoms with Gasteiger partial charge in [0.2, 0.25) is 11.9 Å². The summed E-state index contributed by atoms with van der Waals surface area (Å²) in [5.74, 6) is -3.67. The summed E-state index contributed by atoms with van der Waals surface area (Å²) in [7, 11) is 0. The van der Waals surface area contributed by atoms with Crippen molar-refractivity contribution in [3.05, 3.63) is 59.2 Å². The summed E-state index contributed by atoms with van der Waals surface area (Å²) in [6, 6.07) is 5.98. The van der Waals surface area contributed by atoms with Gasteiger partial charge in [-0.25, -0.2) is 4.39 Å². The number of amides is 1. The molecule has 0 fully saturated rings. The van der Waals surface area contributed by atoms with Crippen molar-refractivity contribution in [2.75, 3.05) is 5.32 Å². The Morgan fingerprint density at radius 3 is 2.14 bits per heavy atom. The highest BCUT2D eigenvalue weighted by Crippen LogP contribution is 2.26. The molecule has 2 aromatic rings. The quantitative estimate of drug-likeness (QED) is 0.850. The normalized spacial score (nSPS) is 11.4. The number of halogens is 3. The van der Waals surface area contributed by atoms with Crippen LogP contribution < -0.4 is 5.32 Å². The van der Waals surface area contributed by atoms with Crippen LogP contribution in [0.3, 0.4) is 0 Å². The number of anilines is 1. The SMILES string of the molecule is CC(C)(C)c1ccc(NC(=O)c2cc(F)nc(F)c2)c(F)c1. The minimum Gasteiger partial charge on any atom is -0.319 e. The highest BCUT2D eigenvalue weighted by Gasteiger charge is 2.17. The van der Waals surface area contributed by atoms with Crippen LogP contribution in [0.25, 0.3) is 0 Å². The van der Waals surface area contributed by atoms with Gasteiger partial charge in [0.05, 0.1) is 5.69 Å². The molecule has 0 aliphatic carbocycles. The fraction of sp³-hybridized carbons (Fsp3) is 0.250. The van der Waals surface area contributed by atoms with Crippen LogP contribution in [0, 0.1) is 17.7 Å². The Morgan fingerprint density at radius 1 is 1.05 bits per heavy atom. The molecule has 2 rings (SSSR count). The Morgan fingerprint density at radius 2 is 1.64 bits per heavy atom. The van der Waals surface area contributed by atoms with Crippen LogP contribution in [0.5, 0.6) is 0 Å². The molecule has 22 heavy (non-hydrogen) atoms. The summed E-state index contributed by atoms with van der Waals surface area (Å²) >= 11 is 0. The third-order valence-corrected chi connectivity index (χ3v) is 3.11. The lowest BCUT2D eigenvalue weighted by atomic mass is 9.87. The van der Waals surface area contributed by atoms with Crippen LogP contribution in [0.4, 0.5) is 18.9 Å². The molecule has 0 aliphatic rings. The number of hydrogen-bond acceptors (Lipinski definition) is 2. The second-order valence-corrected chi connectivity index (χ2v) is 5.90. The van der Waals surface area contributed by atoms with Gasteiger partial charge in [0.1, 0.15) is 5.82 Å². The van der Waals surface area contributed by atoms with E-state index in [1.54, 1.807) is 6.07 Å². The number of benzene rings is 1. The van der Waals surface area contributed by atoms with Crippen LogP contribution >= 0.6 is 0 Å². The molecule has 0 saturated carbocycles. The van der Waals surface area contributed by atoms with E-state index < -0.39 is 23.6 Å². The molecule has 1 heterocycles. The van der Waals surface area contributed by atoms with Gasteiger partial charge < -0.3 is 5.32 Å². The summed E-state index contributed by atoms with van der Waals surface area (Å²) in [6.45, 7) is 5.80. The van der Waals surface area contributed by atoms with Crippen molar-refractivity contribution >= 4 is 11.6 Å². The summed E-state index contributed by atoms with van der Waals surface area (Å²) in [5, 5.41) is 2.28. The fourth-order valence-corrected chi connectivity index (χ4v) is 1.87. The zero-order valence-corrected chi connectivity index (χ0v) is 12.4. The molecule has 0 unspecified atom stereocenters. The molecule has 0 bridgehead atoms. The number of pyridine rings is 1. The van der Waals surface area contributed by atoms with Gasteiger partial charge in [-0.05, 0) is 23.1 Å². The Kier molecular flexibility index (Phi) is 4.21. The van der Waals surface area contributed by atoms with E-state index in [9.17, 15) is 18.0 Å². The molecular formula is C16H15F3N2O. The summed E-state index contributed by atoms with van der Waals surface area (Å²) < 4.78 is 40.0. The number of rotatable bonds is 2. The minimum absolute atomic E-state index is 0.0596. The Hall–Kier alpha value is -2.37. The molecule has 1 N–H and O–H groups in total. The molecule has 6 heteroatoms. The molecule has 0 saturated heterocycles. The number of hydrogen-bond donors (Lipinski definition) is 1. The lowest BCUT2D eigenvalue weighted by Crippen LogP contribution is -2.16. The van der Waals surface area contributed by atoms with Gasteiger partial charge in [-0.15, -0.1) is 0 Å². The van der Waals surface area contributed by atoms with E-state index in [4.69, 9.17) is 0 Å². The van der Waals surface area contributed by atoms with Crippen LogP contribution in [0.15, 0.2) is 30.3 Å². The molecule has 0 spiro atoms. The van der Waals surface area contributed by atoms with Crippen molar-refractivity contribution in [1.82, 2.24) is 4.98 Å². The van der Waals surface area contributed by atoms with Gasteiger partial charge in [0.25, 0.3) is 5.91 Å². The number of nitrogens with one attached hydrogen (secondary N) is 1. The van der Waals surface area contributed by atoms with Crippen molar-refractivity contribution in [3.63, 3.8) is 0 Å². The Bertz CT molecular complexity index is 704. The summed E-state index contributed by atoms with van der Waals surface area (Å²) in [5.41, 5.74) is 0.199. The maximum atomic E-state index is 14.0. The molecule has 0 aliphatic heterocycles. The Labute approximate surface area is 126 Å². The molecular weight excluding hydrogens is 293 g/mol. The molecule has 0 radical (unpaired) electrons. The van der Waals surface area contributed by atoms with Crippen molar-refractivity contribution in [2.45, 2.75) is 26.2 Å². The van der Waals surface area contributed by atoms with Gasteiger partial charge in [-0.1, -0.05) is 26.8 Å². The van der Waals surface area contributed by atoms with Gasteiger partial charge in [-0.3, -0.25) is 4.79 Å². The predicted molar refractivity (Wildman–Crippen MR) is 77.2 cm³/mol. The van der Waals surface area contributed by atoms with Crippen molar-refractivity contribution in [2.24, 2.45) is 0 Å². The lowest BCUT2D eigenvalue weighted by molar-refractivity contribution is 0.102. The smallest absolute Gasteiger partial charge is 0.256 e. The maximum Gasteiger partial charge on any atom is 0.256 e. The van der Waals surface area contributed by atoms with E-state index in [-0.39, 0.29) is 16.7 Å². The number of aromatic nitrogens is 1. The zero-order valence-electron chi connectivity index (χ0n) is 12.4. The number of carbonyl (C=O) groups is 1. The van der Waals surface area contributed by atoms with Crippen LogP contribution in [-0.4, -0.2) is 10.9 Å². The van der Waals surface area contributed by atoms with Gasteiger partial charge in [0.15, 0.2) is 0 Å². The van der Waals surface area contributed by atoms with E-state index in [0.717, 1.165) is 17.7 Å². The molecule has 3 nitrogen and oxygen atoms in total. The summed E-state index contributed by atoms with van der Waals surface area (Å²) in [6.07, 6.45) is 0. The number of nitrogens with zero attached hydrogens (tertiary/aromatic N) is 1. The first-order valence-electron chi connectivity index (χ1n) is 6.61. The number of carbonyl (C=O) groups excluding carboxylic acids is 1. The maximum absolute atomic E-state index is 14.0. The molecule has 1 amide bonds. The van der Waals surface area contributed by atoms with Crippen LogP contribution in [0.2, 0.25) is 0 Å². The Balaban J connectivity index is 2.25. The monoisotopic (exact) mass is 308 g/mol. The van der Waals surface area contributed by atoms with E-state index in [2.05, 4.69) is 10.3 Å². The molecule has 0 atom stereocenters. The zero-order chi connectivity index (χ0) is 16.5. The molecule has 116 valence electrons. The van der Waals surface area contributed by atoms with Crippen molar-refractivity contribution < 1.29 is 18.0 Å². The highest BCUT2D eigenvalue weighted by molar-refractivity contribution is 6.04. The predicted octanol–water partition coefficient (Wildman–Crippen LogP) is 4.05. The van der Waals surface area contributed by atoms with Crippen LogP contribution in [0.1, 0.15) is 36.7 Å². The first kappa shape index (κ1) is 16.0. The third kappa shape index (κ3) is 3.63. The molecule has 1 aromatic heterocycles. The largest absolute Gasteiger partial charge is 0.319 e. The lowest BCUT2D eigenvalue weighted by Gasteiger charge is -2.19. The van der Waals surface area contributed by atoms with E-state index in [0.29, 0.717) is 0 Å². The first-order valence-corrected chi connectivity index (χ1v) is 6.61.